The first kappa shape index (κ1) is 31.4. The van der Waals surface area contributed by atoms with E-state index in [-0.39, 0.29) is 42.9 Å². The van der Waals surface area contributed by atoms with Gasteiger partial charge in [-0.15, -0.1) is 0 Å². The van der Waals surface area contributed by atoms with Crippen LogP contribution >= 0.6 is 0 Å². The summed E-state index contributed by atoms with van der Waals surface area (Å²) in [7, 11) is 0. The summed E-state index contributed by atoms with van der Waals surface area (Å²) in [6, 6.07) is 0.409. The average molecular weight is 588 g/mol. The SMILES string of the molecule is CCCC1CCC(CCC(F)(F)Oc2cc(F)c(C(F)(F)Oc3cc(F)c(OC=C(F)F)c(F)c3)c(F)c2)CC1. The molecule has 2 aromatic carbocycles. The first-order valence-electron chi connectivity index (χ1n) is 12.5. The van der Waals surface area contributed by atoms with Crippen molar-refractivity contribution >= 4 is 0 Å². The Morgan fingerprint density at radius 1 is 0.775 bits per heavy atom. The molecule has 0 amide bonds. The minimum atomic E-state index is -4.89. The van der Waals surface area contributed by atoms with Gasteiger partial charge in [0.05, 0.1) is 6.42 Å². The zero-order chi connectivity index (χ0) is 29.7. The third-order valence-corrected chi connectivity index (χ3v) is 6.56. The van der Waals surface area contributed by atoms with E-state index in [2.05, 4.69) is 21.1 Å². The van der Waals surface area contributed by atoms with E-state index in [1.807, 2.05) is 0 Å². The van der Waals surface area contributed by atoms with Crippen molar-refractivity contribution in [2.24, 2.45) is 11.8 Å². The van der Waals surface area contributed by atoms with E-state index in [9.17, 15) is 43.9 Å². The minimum Gasteiger partial charge on any atom is -0.453 e. The summed E-state index contributed by atoms with van der Waals surface area (Å²) in [5.41, 5.74) is -2.05. The second kappa shape index (κ2) is 13.0. The Hall–Kier alpha value is -3.12. The molecule has 0 aliphatic heterocycles. The molecule has 0 N–H and O–H groups in total. The molecule has 0 aromatic heterocycles. The summed E-state index contributed by atoms with van der Waals surface area (Å²) < 4.78 is 151. The molecule has 3 nitrogen and oxygen atoms in total. The predicted molar refractivity (Wildman–Crippen MR) is 123 cm³/mol. The van der Waals surface area contributed by atoms with Crippen molar-refractivity contribution in [1.29, 1.82) is 0 Å². The summed E-state index contributed by atoms with van der Waals surface area (Å²) in [4.78, 5) is 0. The van der Waals surface area contributed by atoms with Gasteiger partial charge in [-0.1, -0.05) is 45.4 Å². The molecule has 3 rings (SSSR count). The van der Waals surface area contributed by atoms with Crippen LogP contribution in [0.15, 0.2) is 36.6 Å². The smallest absolute Gasteiger partial charge is 0.432 e. The molecule has 2 aromatic rings. The van der Waals surface area contributed by atoms with Crippen molar-refractivity contribution in [1.82, 2.24) is 0 Å². The lowest BCUT2D eigenvalue weighted by Gasteiger charge is -2.29. The van der Waals surface area contributed by atoms with Crippen LogP contribution in [0, 0.1) is 35.1 Å². The van der Waals surface area contributed by atoms with Crippen LogP contribution in [0.2, 0.25) is 0 Å². The molecule has 222 valence electrons. The second-order valence-electron chi connectivity index (χ2n) is 9.58. The molecule has 0 heterocycles. The van der Waals surface area contributed by atoms with Crippen molar-refractivity contribution in [3.05, 3.63) is 65.4 Å². The lowest BCUT2D eigenvalue weighted by atomic mass is 9.78. The first-order chi connectivity index (χ1) is 18.7. The third-order valence-electron chi connectivity index (χ3n) is 6.56. The highest BCUT2D eigenvalue weighted by Gasteiger charge is 2.42. The second-order valence-corrected chi connectivity index (χ2v) is 9.58. The molecule has 0 spiro atoms. The molecule has 1 fully saturated rings. The number of ether oxygens (including phenoxy) is 3. The van der Waals surface area contributed by atoms with Gasteiger partial charge in [-0.3, -0.25) is 0 Å². The van der Waals surface area contributed by atoms with E-state index in [1.54, 1.807) is 0 Å². The van der Waals surface area contributed by atoms with Crippen LogP contribution in [-0.2, 0) is 6.11 Å². The molecule has 1 aliphatic rings. The lowest BCUT2D eigenvalue weighted by molar-refractivity contribution is -0.190. The van der Waals surface area contributed by atoms with Gasteiger partial charge in [0.15, 0.2) is 23.6 Å². The van der Waals surface area contributed by atoms with Crippen LogP contribution in [0.25, 0.3) is 0 Å². The Kier molecular flexibility index (Phi) is 10.2. The van der Waals surface area contributed by atoms with E-state index < -0.39 is 70.8 Å². The molecular weight excluding hydrogens is 562 g/mol. The fourth-order valence-electron chi connectivity index (χ4n) is 4.71. The molecule has 0 radical (unpaired) electrons. The van der Waals surface area contributed by atoms with Crippen LogP contribution in [0.3, 0.4) is 0 Å². The van der Waals surface area contributed by atoms with Crippen molar-refractivity contribution < 1.29 is 58.1 Å². The standard InChI is InChI=1S/C27H26F10O3/c1-2-3-15-4-6-16(7-5-15)8-9-26(34,35)39-17-10-19(28)24(20(29)11-17)27(36,37)40-18-12-21(30)25(22(31)13-18)38-14-23(32)33/h10-16H,2-9H2,1H3. The molecular formula is C27H26F10O3. The summed E-state index contributed by atoms with van der Waals surface area (Å²) in [5.74, 6) is -10.7. The monoisotopic (exact) mass is 588 g/mol. The van der Waals surface area contributed by atoms with Crippen molar-refractivity contribution in [3.8, 4) is 17.2 Å². The molecule has 0 bridgehead atoms. The maximum Gasteiger partial charge on any atom is 0.432 e. The highest BCUT2D eigenvalue weighted by Crippen LogP contribution is 2.40. The summed E-state index contributed by atoms with van der Waals surface area (Å²) >= 11 is 0. The van der Waals surface area contributed by atoms with E-state index in [4.69, 9.17) is 0 Å². The van der Waals surface area contributed by atoms with E-state index >= 15 is 0 Å². The van der Waals surface area contributed by atoms with Crippen molar-refractivity contribution in [2.45, 2.75) is 70.5 Å². The topological polar surface area (TPSA) is 27.7 Å². The van der Waals surface area contributed by atoms with Gasteiger partial charge >= 0.3 is 18.3 Å². The minimum absolute atomic E-state index is 0.0471. The molecule has 13 heteroatoms. The molecule has 0 saturated heterocycles. The zero-order valence-electron chi connectivity index (χ0n) is 21.2. The Morgan fingerprint density at radius 3 is 1.75 bits per heavy atom. The van der Waals surface area contributed by atoms with Gasteiger partial charge in [-0.25, -0.2) is 17.6 Å². The summed E-state index contributed by atoms with van der Waals surface area (Å²) in [6.07, 6.45) is -6.55. The zero-order valence-corrected chi connectivity index (χ0v) is 21.2. The average Bonchev–Trinajstić information content (AvgIpc) is 2.82. The van der Waals surface area contributed by atoms with Crippen LogP contribution < -0.4 is 14.2 Å². The summed E-state index contributed by atoms with van der Waals surface area (Å²) in [6.45, 7) is 2.08. The lowest BCUT2D eigenvalue weighted by Crippen LogP contribution is -2.28. The van der Waals surface area contributed by atoms with Crippen molar-refractivity contribution in [2.75, 3.05) is 0 Å². The van der Waals surface area contributed by atoms with Gasteiger partial charge in [0, 0.05) is 24.3 Å². The highest BCUT2D eigenvalue weighted by molar-refractivity contribution is 5.37. The maximum absolute atomic E-state index is 14.6. The van der Waals surface area contributed by atoms with E-state index in [1.165, 1.54) is 0 Å². The first-order valence-corrected chi connectivity index (χ1v) is 12.5. The molecule has 40 heavy (non-hydrogen) atoms. The fourth-order valence-corrected chi connectivity index (χ4v) is 4.71. The van der Waals surface area contributed by atoms with Crippen LogP contribution in [0.1, 0.15) is 63.9 Å². The fraction of sp³-hybridized carbons (Fsp3) is 0.481. The molecule has 0 unspecified atom stereocenters. The van der Waals surface area contributed by atoms with E-state index in [0.717, 1.165) is 38.5 Å². The molecule has 1 aliphatic carbocycles. The highest BCUT2D eigenvalue weighted by atomic mass is 19.3. The largest absolute Gasteiger partial charge is 0.453 e. The van der Waals surface area contributed by atoms with E-state index in [0.29, 0.717) is 5.92 Å². The number of hydrogen-bond acceptors (Lipinski definition) is 3. The van der Waals surface area contributed by atoms with Crippen molar-refractivity contribution in [3.63, 3.8) is 0 Å². The van der Waals surface area contributed by atoms with Gasteiger partial charge in [0.25, 0.3) is 0 Å². The number of hydrogen-bond donors (Lipinski definition) is 0. The third kappa shape index (κ3) is 8.44. The van der Waals surface area contributed by atoms with Gasteiger partial charge in [-0.05, 0) is 18.3 Å². The van der Waals surface area contributed by atoms with Crippen LogP contribution in [-0.4, -0.2) is 6.11 Å². The van der Waals surface area contributed by atoms with Gasteiger partial charge in [0.2, 0.25) is 0 Å². The number of halogens is 10. The van der Waals surface area contributed by atoms with Crippen LogP contribution in [0.5, 0.6) is 17.2 Å². The number of benzene rings is 2. The Balaban J connectivity index is 1.68. The molecule has 0 atom stereocenters. The van der Waals surface area contributed by atoms with Gasteiger partial charge in [0.1, 0.15) is 28.7 Å². The number of alkyl halides is 4. The Bertz CT molecular complexity index is 1140. The quantitative estimate of drug-likeness (QED) is 0.183. The molecule has 1 saturated carbocycles. The predicted octanol–water partition coefficient (Wildman–Crippen LogP) is 9.85. The number of rotatable bonds is 12. The van der Waals surface area contributed by atoms with Gasteiger partial charge < -0.3 is 14.2 Å². The normalized spacial score (nSPS) is 17.9. The van der Waals surface area contributed by atoms with Crippen LogP contribution in [0.4, 0.5) is 43.9 Å². The summed E-state index contributed by atoms with van der Waals surface area (Å²) in [5, 5.41) is 0. The van der Waals surface area contributed by atoms with Gasteiger partial charge in [-0.2, -0.15) is 26.3 Å². The Labute approximate surface area is 223 Å². The maximum atomic E-state index is 14.6. The Morgan fingerprint density at radius 2 is 1.25 bits per heavy atom.